The van der Waals surface area contributed by atoms with Gasteiger partial charge in [0.25, 0.3) is 11.9 Å². The smallest absolute Gasteiger partial charge is 0.411 e. The van der Waals surface area contributed by atoms with E-state index in [4.69, 9.17) is 10.5 Å². The van der Waals surface area contributed by atoms with Crippen molar-refractivity contribution in [1.29, 1.82) is 0 Å². The number of hydrogen-bond donors (Lipinski definition) is 2. The third kappa shape index (κ3) is 4.98. The van der Waals surface area contributed by atoms with Crippen molar-refractivity contribution < 1.29 is 36.2 Å². The van der Waals surface area contributed by atoms with Gasteiger partial charge in [0.15, 0.2) is 6.04 Å². The van der Waals surface area contributed by atoms with Gasteiger partial charge in [-0.2, -0.15) is 13.2 Å². The molecule has 1 amide bonds. The highest BCUT2D eigenvalue weighted by Gasteiger charge is 2.49. The summed E-state index contributed by atoms with van der Waals surface area (Å²) >= 11 is 0. The molecule has 1 aromatic heterocycles. The van der Waals surface area contributed by atoms with Crippen LogP contribution in [0.15, 0.2) is 35.6 Å². The largest absolute Gasteiger partial charge is 0.454 e. The van der Waals surface area contributed by atoms with Crippen molar-refractivity contribution in [3.8, 4) is 5.88 Å². The van der Waals surface area contributed by atoms with Crippen molar-refractivity contribution in [1.82, 2.24) is 9.97 Å². The van der Waals surface area contributed by atoms with Crippen LogP contribution in [0.2, 0.25) is 0 Å². The van der Waals surface area contributed by atoms with Gasteiger partial charge in [-0.3, -0.25) is 4.79 Å². The average Bonchev–Trinajstić information content (AvgIpc) is 2.69. The Balaban J connectivity index is 1.84. The van der Waals surface area contributed by atoms with Crippen LogP contribution in [-0.2, 0) is 10.3 Å². The highest BCUT2D eigenvalue weighted by atomic mass is 19.4. The number of amidine groups is 1. The Hall–Kier alpha value is -3.51. The minimum Gasteiger partial charge on any atom is -0.454 e. The van der Waals surface area contributed by atoms with Gasteiger partial charge in [-0.05, 0) is 25.1 Å². The van der Waals surface area contributed by atoms with Gasteiger partial charge >= 0.3 is 6.18 Å². The lowest BCUT2D eigenvalue weighted by molar-refractivity contribution is -0.164. The maximum atomic E-state index is 14.5. The van der Waals surface area contributed by atoms with Crippen LogP contribution in [0.5, 0.6) is 5.88 Å². The van der Waals surface area contributed by atoms with Crippen LogP contribution in [-0.4, -0.2) is 41.0 Å². The van der Waals surface area contributed by atoms with E-state index in [0.29, 0.717) is 0 Å². The van der Waals surface area contributed by atoms with Crippen LogP contribution in [0, 0.1) is 5.82 Å². The van der Waals surface area contributed by atoms with E-state index in [1.165, 1.54) is 13.0 Å². The molecule has 0 saturated carbocycles. The zero-order valence-electron chi connectivity index (χ0n) is 15.9. The molecule has 1 aliphatic heterocycles. The summed E-state index contributed by atoms with van der Waals surface area (Å²) in [6.07, 6.45) is -3.36. The monoisotopic (exact) mass is 445 g/mol. The number of carbonyl (C=O) groups is 1. The predicted octanol–water partition coefficient (Wildman–Crippen LogP) is 3.05. The van der Waals surface area contributed by atoms with E-state index >= 15 is 0 Å². The third-order valence-corrected chi connectivity index (χ3v) is 4.43. The Morgan fingerprint density at radius 2 is 2.10 bits per heavy atom. The number of halogens is 5. The maximum Gasteiger partial charge on any atom is 0.411 e. The number of ether oxygens (including phenoxy) is 2. The fourth-order valence-electron chi connectivity index (χ4n) is 2.99. The second kappa shape index (κ2) is 8.32. The molecule has 0 saturated heterocycles. The lowest BCUT2D eigenvalue weighted by Gasteiger charge is -2.37. The number of benzene rings is 1. The van der Waals surface area contributed by atoms with Gasteiger partial charge < -0.3 is 20.5 Å². The molecular formula is C18H16F5N5O3. The maximum absolute atomic E-state index is 14.5. The molecule has 0 unspecified atom stereocenters. The zero-order valence-corrected chi connectivity index (χ0v) is 15.9. The SMILES string of the molecule is C[C@@]1(c2cc(NC(=O)c3cnc(OCF)cn3)ccc2F)C[C@@H](C(F)(F)F)N=C(N)O1. The zero-order chi connectivity index (χ0) is 22.8. The van der Waals surface area contributed by atoms with E-state index in [1.54, 1.807) is 0 Å². The second-order valence-corrected chi connectivity index (χ2v) is 6.70. The quantitative estimate of drug-likeness (QED) is 0.685. The fraction of sp³-hybridized carbons (Fsp3) is 0.333. The normalized spacial score (nSPS) is 21.1. The molecule has 0 aliphatic carbocycles. The first-order valence-corrected chi connectivity index (χ1v) is 8.73. The average molecular weight is 445 g/mol. The summed E-state index contributed by atoms with van der Waals surface area (Å²) < 4.78 is 75.9. The van der Waals surface area contributed by atoms with Crippen molar-refractivity contribution in [2.24, 2.45) is 10.7 Å². The van der Waals surface area contributed by atoms with E-state index in [-0.39, 0.29) is 22.8 Å². The number of alkyl halides is 4. The molecule has 0 bridgehead atoms. The summed E-state index contributed by atoms with van der Waals surface area (Å²) in [5, 5.41) is 2.42. The van der Waals surface area contributed by atoms with E-state index in [9.17, 15) is 26.7 Å². The first-order valence-electron chi connectivity index (χ1n) is 8.73. The summed E-state index contributed by atoms with van der Waals surface area (Å²) in [6, 6.07) is 0.400. The lowest BCUT2D eigenvalue weighted by Crippen LogP contribution is -2.46. The van der Waals surface area contributed by atoms with Gasteiger partial charge in [0.2, 0.25) is 12.7 Å². The van der Waals surface area contributed by atoms with Crippen LogP contribution in [0.25, 0.3) is 0 Å². The Bertz CT molecular complexity index is 999. The minimum absolute atomic E-state index is 0.0572. The van der Waals surface area contributed by atoms with Gasteiger partial charge in [0.1, 0.15) is 17.1 Å². The minimum atomic E-state index is -4.70. The van der Waals surface area contributed by atoms with Crippen molar-refractivity contribution in [2.75, 3.05) is 12.2 Å². The molecule has 1 aliphatic rings. The summed E-state index contributed by atoms with van der Waals surface area (Å²) in [5.41, 5.74) is 3.25. The molecule has 0 radical (unpaired) electrons. The molecule has 3 rings (SSSR count). The Labute approximate surface area is 172 Å². The molecule has 0 fully saturated rings. The molecule has 2 atom stereocenters. The van der Waals surface area contributed by atoms with E-state index in [2.05, 4.69) is 25.0 Å². The number of carbonyl (C=O) groups excluding carboxylic acids is 1. The van der Waals surface area contributed by atoms with Crippen LogP contribution >= 0.6 is 0 Å². The molecule has 31 heavy (non-hydrogen) atoms. The summed E-state index contributed by atoms with van der Waals surface area (Å²) in [5.74, 6) is -1.74. The van der Waals surface area contributed by atoms with Gasteiger partial charge in [-0.25, -0.2) is 23.7 Å². The molecule has 2 aromatic rings. The van der Waals surface area contributed by atoms with Crippen molar-refractivity contribution >= 4 is 17.6 Å². The Morgan fingerprint density at radius 1 is 1.35 bits per heavy atom. The Morgan fingerprint density at radius 3 is 2.71 bits per heavy atom. The van der Waals surface area contributed by atoms with Gasteiger partial charge in [0.05, 0.1) is 12.4 Å². The predicted molar refractivity (Wildman–Crippen MR) is 97.5 cm³/mol. The van der Waals surface area contributed by atoms with Crippen molar-refractivity contribution in [3.63, 3.8) is 0 Å². The highest BCUT2D eigenvalue weighted by Crippen LogP contribution is 2.41. The summed E-state index contributed by atoms with van der Waals surface area (Å²) in [7, 11) is 0. The number of hydrogen-bond acceptors (Lipinski definition) is 7. The number of anilines is 1. The molecule has 0 spiro atoms. The first-order chi connectivity index (χ1) is 14.5. The Kier molecular flexibility index (Phi) is 5.95. The summed E-state index contributed by atoms with van der Waals surface area (Å²) in [4.78, 5) is 23.0. The standard InChI is InChI=1S/C18H16F5N5O3/c1-17(5-13(18(21,22)23)28-16(24)31-17)10-4-9(2-3-11(10)20)27-15(29)12-6-26-14(7-25-12)30-8-19/h2-4,6-7,13H,5,8H2,1H3,(H2,24,28)(H,27,29)/t13-,17-/m0/s1. The lowest BCUT2D eigenvalue weighted by atomic mass is 9.87. The second-order valence-electron chi connectivity index (χ2n) is 6.70. The van der Waals surface area contributed by atoms with Gasteiger partial charge in [0, 0.05) is 17.7 Å². The molecule has 13 heteroatoms. The van der Waals surface area contributed by atoms with Crippen LogP contribution < -0.4 is 15.8 Å². The summed E-state index contributed by atoms with van der Waals surface area (Å²) in [6.45, 7) is 0.121. The molecule has 166 valence electrons. The molecular weight excluding hydrogens is 429 g/mol. The molecule has 1 aromatic carbocycles. The van der Waals surface area contributed by atoms with Crippen LogP contribution in [0.3, 0.4) is 0 Å². The van der Waals surface area contributed by atoms with Crippen LogP contribution in [0.4, 0.5) is 27.6 Å². The number of nitrogens with two attached hydrogens (primary N) is 1. The number of nitrogens with zero attached hydrogens (tertiary/aromatic N) is 3. The molecule has 3 N–H and O–H groups in total. The number of amides is 1. The first kappa shape index (κ1) is 22.2. The van der Waals surface area contributed by atoms with Gasteiger partial charge in [-0.15, -0.1) is 0 Å². The van der Waals surface area contributed by atoms with Crippen LogP contribution in [0.1, 0.15) is 29.4 Å². The van der Waals surface area contributed by atoms with Gasteiger partial charge in [-0.1, -0.05) is 0 Å². The van der Waals surface area contributed by atoms with E-state index in [1.807, 2.05) is 0 Å². The fourth-order valence-corrected chi connectivity index (χ4v) is 2.99. The number of aliphatic imine (C=N–C) groups is 1. The number of nitrogens with one attached hydrogen (secondary N) is 1. The number of aromatic nitrogens is 2. The molecule has 2 heterocycles. The highest BCUT2D eigenvalue weighted by molar-refractivity contribution is 6.02. The van der Waals surface area contributed by atoms with E-state index < -0.39 is 48.8 Å². The third-order valence-electron chi connectivity index (χ3n) is 4.43. The van der Waals surface area contributed by atoms with Crippen molar-refractivity contribution in [2.45, 2.75) is 31.2 Å². The van der Waals surface area contributed by atoms with Crippen molar-refractivity contribution in [3.05, 3.63) is 47.7 Å². The topological polar surface area (TPSA) is 112 Å². The molecule has 8 nitrogen and oxygen atoms in total. The number of rotatable bonds is 5. The van der Waals surface area contributed by atoms with E-state index in [0.717, 1.165) is 24.5 Å².